The summed E-state index contributed by atoms with van der Waals surface area (Å²) in [5.74, 6) is 6.29. The Morgan fingerprint density at radius 2 is 2.10 bits per heavy atom. The van der Waals surface area contributed by atoms with E-state index in [1.165, 1.54) is 5.69 Å². The van der Waals surface area contributed by atoms with Crippen molar-refractivity contribution < 1.29 is 0 Å². The maximum absolute atomic E-state index is 6.30. The van der Waals surface area contributed by atoms with Crippen LogP contribution in [0.4, 0.5) is 11.5 Å². The van der Waals surface area contributed by atoms with Crippen molar-refractivity contribution in [2.75, 3.05) is 23.4 Å². The first-order valence-electron chi connectivity index (χ1n) is 6.93. The zero-order valence-electron chi connectivity index (χ0n) is 11.5. The molecule has 0 radical (unpaired) electrons. The van der Waals surface area contributed by atoms with E-state index in [1.807, 2.05) is 18.3 Å². The van der Waals surface area contributed by atoms with Gasteiger partial charge in [0.25, 0.3) is 0 Å². The molecule has 0 aliphatic carbocycles. The number of piperidine rings is 1. The standard InChI is InChI=1S/C14H17ClN6/c15-13-12(9-18-20-14(13)19-16)21-7-4-10(5-8-21)11-3-1-2-6-17-11/h1-3,6,9-10H,4-5,7-8,16H2,(H,19,20). The third-order valence-electron chi connectivity index (χ3n) is 3.85. The summed E-state index contributed by atoms with van der Waals surface area (Å²) in [4.78, 5) is 6.67. The molecule has 2 aromatic heterocycles. The monoisotopic (exact) mass is 304 g/mol. The molecule has 0 amide bonds. The number of aromatic nitrogens is 3. The normalized spacial score (nSPS) is 16.0. The van der Waals surface area contributed by atoms with E-state index in [4.69, 9.17) is 17.4 Å². The van der Waals surface area contributed by atoms with Gasteiger partial charge in [0, 0.05) is 30.9 Å². The van der Waals surface area contributed by atoms with Crippen LogP contribution in [0.25, 0.3) is 0 Å². The first-order valence-corrected chi connectivity index (χ1v) is 7.31. The Hall–Kier alpha value is -1.92. The zero-order chi connectivity index (χ0) is 14.7. The summed E-state index contributed by atoms with van der Waals surface area (Å²) in [5, 5.41) is 8.32. The van der Waals surface area contributed by atoms with E-state index >= 15 is 0 Å². The fourth-order valence-corrected chi connectivity index (χ4v) is 2.97. The molecule has 3 rings (SSSR count). The number of anilines is 2. The quantitative estimate of drug-likeness (QED) is 0.668. The lowest BCUT2D eigenvalue weighted by atomic mass is 9.93. The second-order valence-corrected chi connectivity index (χ2v) is 5.43. The molecule has 1 fully saturated rings. The molecule has 1 saturated heterocycles. The summed E-state index contributed by atoms with van der Waals surface area (Å²) in [6.07, 6.45) is 5.62. The Morgan fingerprint density at radius 1 is 1.29 bits per heavy atom. The van der Waals surface area contributed by atoms with E-state index in [9.17, 15) is 0 Å². The van der Waals surface area contributed by atoms with Crippen LogP contribution in [0.3, 0.4) is 0 Å². The molecule has 0 saturated carbocycles. The number of nitrogens with zero attached hydrogens (tertiary/aromatic N) is 4. The second kappa shape index (κ2) is 6.24. The van der Waals surface area contributed by atoms with Crippen molar-refractivity contribution in [2.45, 2.75) is 18.8 Å². The second-order valence-electron chi connectivity index (χ2n) is 5.05. The highest BCUT2D eigenvalue weighted by Crippen LogP contribution is 2.34. The first-order chi connectivity index (χ1) is 10.3. The maximum Gasteiger partial charge on any atom is 0.183 e. The molecular formula is C14H17ClN6. The zero-order valence-corrected chi connectivity index (χ0v) is 12.3. The lowest BCUT2D eigenvalue weighted by Gasteiger charge is -2.33. The summed E-state index contributed by atoms with van der Waals surface area (Å²) in [6.45, 7) is 1.83. The number of nitrogens with one attached hydrogen (secondary N) is 1. The lowest BCUT2D eigenvalue weighted by Crippen LogP contribution is -2.33. The van der Waals surface area contributed by atoms with E-state index in [-0.39, 0.29) is 0 Å². The van der Waals surface area contributed by atoms with Crippen LogP contribution >= 0.6 is 11.6 Å². The Balaban J connectivity index is 1.72. The molecule has 110 valence electrons. The maximum atomic E-state index is 6.30. The molecule has 3 heterocycles. The number of nitrogen functional groups attached to an aromatic ring is 1. The minimum absolute atomic E-state index is 0.404. The molecule has 0 spiro atoms. The molecule has 1 aliphatic heterocycles. The predicted molar refractivity (Wildman–Crippen MR) is 83.3 cm³/mol. The van der Waals surface area contributed by atoms with Gasteiger partial charge in [-0.1, -0.05) is 17.7 Å². The van der Waals surface area contributed by atoms with Crippen molar-refractivity contribution in [3.05, 3.63) is 41.3 Å². The molecule has 1 aliphatic rings. The highest BCUT2D eigenvalue weighted by molar-refractivity contribution is 6.35. The highest BCUT2D eigenvalue weighted by atomic mass is 35.5. The van der Waals surface area contributed by atoms with Gasteiger partial charge in [-0.15, -0.1) is 5.10 Å². The number of hydrogen-bond acceptors (Lipinski definition) is 6. The summed E-state index contributed by atoms with van der Waals surface area (Å²) in [6, 6.07) is 6.08. The largest absolute Gasteiger partial charge is 0.369 e. The van der Waals surface area contributed by atoms with Gasteiger partial charge in [0.2, 0.25) is 0 Å². The van der Waals surface area contributed by atoms with Crippen LogP contribution in [0, 0.1) is 0 Å². The number of halogens is 1. The van der Waals surface area contributed by atoms with Crippen LogP contribution < -0.4 is 16.2 Å². The number of hydrazine groups is 1. The van der Waals surface area contributed by atoms with Gasteiger partial charge in [-0.25, -0.2) is 5.84 Å². The smallest absolute Gasteiger partial charge is 0.183 e. The van der Waals surface area contributed by atoms with E-state index < -0.39 is 0 Å². The molecule has 3 N–H and O–H groups in total. The Bertz CT molecular complexity index is 598. The van der Waals surface area contributed by atoms with Gasteiger partial charge in [-0.05, 0) is 25.0 Å². The van der Waals surface area contributed by atoms with E-state index in [0.717, 1.165) is 31.6 Å². The summed E-state index contributed by atoms with van der Waals surface area (Å²) >= 11 is 6.30. The number of rotatable bonds is 3. The van der Waals surface area contributed by atoms with Crippen molar-refractivity contribution >= 4 is 23.1 Å². The van der Waals surface area contributed by atoms with Crippen LogP contribution in [0.5, 0.6) is 0 Å². The van der Waals surface area contributed by atoms with Crippen molar-refractivity contribution in [1.82, 2.24) is 15.2 Å². The van der Waals surface area contributed by atoms with Gasteiger partial charge in [-0.3, -0.25) is 4.98 Å². The molecule has 0 bridgehead atoms. The molecule has 6 nitrogen and oxygen atoms in total. The average Bonchev–Trinajstić information content (AvgIpc) is 2.56. The number of hydrogen-bond donors (Lipinski definition) is 2. The molecular weight excluding hydrogens is 288 g/mol. The summed E-state index contributed by atoms with van der Waals surface area (Å²) < 4.78 is 0. The fourth-order valence-electron chi connectivity index (χ4n) is 2.71. The van der Waals surface area contributed by atoms with Crippen molar-refractivity contribution in [1.29, 1.82) is 0 Å². The average molecular weight is 305 g/mol. The van der Waals surface area contributed by atoms with Crippen LogP contribution in [-0.2, 0) is 0 Å². The third-order valence-corrected chi connectivity index (χ3v) is 4.22. The molecule has 0 unspecified atom stereocenters. The third kappa shape index (κ3) is 2.91. The minimum Gasteiger partial charge on any atom is -0.369 e. The van der Waals surface area contributed by atoms with Gasteiger partial charge in [0.05, 0.1) is 11.9 Å². The molecule has 7 heteroatoms. The van der Waals surface area contributed by atoms with Crippen molar-refractivity contribution in [2.24, 2.45) is 5.84 Å². The van der Waals surface area contributed by atoms with Crippen LogP contribution in [0.2, 0.25) is 5.02 Å². The van der Waals surface area contributed by atoms with Crippen LogP contribution in [-0.4, -0.2) is 28.3 Å². The Morgan fingerprint density at radius 3 is 2.76 bits per heavy atom. The lowest BCUT2D eigenvalue weighted by molar-refractivity contribution is 0.496. The minimum atomic E-state index is 0.404. The molecule has 0 aromatic carbocycles. The molecule has 21 heavy (non-hydrogen) atoms. The predicted octanol–water partition coefficient (Wildman–Crippen LogP) is 2.19. The van der Waals surface area contributed by atoms with Gasteiger partial charge in [-0.2, -0.15) is 5.10 Å². The van der Waals surface area contributed by atoms with E-state index in [2.05, 4.69) is 31.6 Å². The van der Waals surface area contributed by atoms with Crippen LogP contribution in [0.15, 0.2) is 30.6 Å². The Labute approximate surface area is 128 Å². The molecule has 2 aromatic rings. The van der Waals surface area contributed by atoms with Gasteiger partial charge < -0.3 is 10.3 Å². The SMILES string of the molecule is NNc1nncc(N2CCC(c3ccccn3)CC2)c1Cl. The first kappa shape index (κ1) is 14.0. The van der Waals surface area contributed by atoms with E-state index in [1.54, 1.807) is 6.20 Å². The topological polar surface area (TPSA) is 80.0 Å². The van der Waals surface area contributed by atoms with E-state index in [0.29, 0.717) is 16.8 Å². The summed E-state index contributed by atoms with van der Waals surface area (Å²) in [5.41, 5.74) is 4.51. The van der Waals surface area contributed by atoms with Gasteiger partial charge in [0.15, 0.2) is 5.82 Å². The van der Waals surface area contributed by atoms with Gasteiger partial charge in [0.1, 0.15) is 5.02 Å². The highest BCUT2D eigenvalue weighted by Gasteiger charge is 2.23. The summed E-state index contributed by atoms with van der Waals surface area (Å²) in [7, 11) is 0. The Kier molecular flexibility index (Phi) is 4.17. The molecule has 0 atom stereocenters. The van der Waals surface area contributed by atoms with Crippen LogP contribution in [0.1, 0.15) is 24.5 Å². The van der Waals surface area contributed by atoms with Crippen molar-refractivity contribution in [3.8, 4) is 0 Å². The van der Waals surface area contributed by atoms with Crippen molar-refractivity contribution in [3.63, 3.8) is 0 Å². The fraction of sp³-hybridized carbons (Fsp3) is 0.357. The van der Waals surface area contributed by atoms with Gasteiger partial charge >= 0.3 is 0 Å². The number of nitrogens with two attached hydrogens (primary N) is 1. The number of pyridine rings is 1.